The van der Waals surface area contributed by atoms with E-state index < -0.39 is 47.7 Å². The number of nitrogens with one attached hydrogen (secondary N) is 2. The normalized spacial score (nSPS) is 16.9. The van der Waals surface area contributed by atoms with Crippen LogP contribution in [-0.4, -0.2) is 71.3 Å². The van der Waals surface area contributed by atoms with E-state index in [2.05, 4.69) is 10.6 Å². The molecule has 1 fully saturated rings. The van der Waals surface area contributed by atoms with Crippen molar-refractivity contribution in [1.29, 1.82) is 0 Å². The quantitative estimate of drug-likeness (QED) is 0.477. The highest BCUT2D eigenvalue weighted by atomic mass is 16.5. The summed E-state index contributed by atoms with van der Waals surface area (Å²) in [6.45, 7) is 3.40. The van der Waals surface area contributed by atoms with Gasteiger partial charge < -0.3 is 30.2 Å². The summed E-state index contributed by atoms with van der Waals surface area (Å²) < 4.78 is 5.06. The number of aliphatic carboxylic acids is 1. The first-order chi connectivity index (χ1) is 14.6. The first-order valence-electron chi connectivity index (χ1n) is 9.84. The minimum atomic E-state index is -1.30. The van der Waals surface area contributed by atoms with Gasteiger partial charge in [0.05, 0.1) is 19.6 Å². The lowest BCUT2D eigenvalue weighted by Gasteiger charge is -2.33. The van der Waals surface area contributed by atoms with Crippen molar-refractivity contribution >= 4 is 30.0 Å². The van der Waals surface area contributed by atoms with E-state index in [0.29, 0.717) is 37.0 Å². The Balaban J connectivity index is 2.07. The SMILES string of the molecule is COc1ccc(C(=O)NC(C)(C)C(=O)N2CCCC2C(=O)N[C@H](C=O)CC(=O)O)cc1. The Hall–Kier alpha value is -3.43. The van der Waals surface area contributed by atoms with Gasteiger partial charge in [0, 0.05) is 12.1 Å². The van der Waals surface area contributed by atoms with Crippen LogP contribution in [0.3, 0.4) is 0 Å². The number of rotatable bonds is 9. The molecule has 1 aliphatic heterocycles. The van der Waals surface area contributed by atoms with E-state index in [-0.39, 0.29) is 0 Å². The average Bonchev–Trinajstić information content (AvgIpc) is 3.21. The molecule has 31 heavy (non-hydrogen) atoms. The molecule has 0 radical (unpaired) electrons. The molecule has 2 atom stereocenters. The summed E-state index contributed by atoms with van der Waals surface area (Å²) in [5, 5.41) is 13.9. The number of carbonyl (C=O) groups is 5. The monoisotopic (exact) mass is 433 g/mol. The minimum absolute atomic E-state index is 0.309. The first-order valence-corrected chi connectivity index (χ1v) is 9.84. The Kier molecular flexibility index (Phi) is 7.73. The fourth-order valence-corrected chi connectivity index (χ4v) is 3.39. The highest BCUT2D eigenvalue weighted by molar-refractivity contribution is 6.00. The second kappa shape index (κ2) is 10.1. The number of aldehydes is 1. The average molecular weight is 433 g/mol. The minimum Gasteiger partial charge on any atom is -0.497 e. The van der Waals surface area contributed by atoms with Gasteiger partial charge in [-0.25, -0.2) is 0 Å². The fourth-order valence-electron chi connectivity index (χ4n) is 3.39. The highest BCUT2D eigenvalue weighted by Gasteiger charge is 2.41. The summed E-state index contributed by atoms with van der Waals surface area (Å²) in [5.41, 5.74) is -0.953. The van der Waals surface area contributed by atoms with Crippen molar-refractivity contribution in [2.75, 3.05) is 13.7 Å². The lowest BCUT2D eigenvalue weighted by Crippen LogP contribution is -2.59. The molecule has 0 aliphatic carbocycles. The number of hydrogen-bond acceptors (Lipinski definition) is 6. The van der Waals surface area contributed by atoms with Gasteiger partial charge in [-0.2, -0.15) is 0 Å². The number of carbonyl (C=O) groups excluding carboxylic acids is 4. The van der Waals surface area contributed by atoms with E-state index in [0.717, 1.165) is 0 Å². The Labute approximate surface area is 179 Å². The molecular formula is C21H27N3O7. The number of carboxylic acid groups (broad SMARTS) is 1. The molecule has 168 valence electrons. The summed E-state index contributed by atoms with van der Waals surface area (Å²) in [5.74, 6) is -2.13. The van der Waals surface area contributed by atoms with Gasteiger partial charge >= 0.3 is 5.97 Å². The maximum atomic E-state index is 13.1. The van der Waals surface area contributed by atoms with Crippen LogP contribution in [0.25, 0.3) is 0 Å². The second-order valence-corrected chi connectivity index (χ2v) is 7.81. The Morgan fingerprint density at radius 1 is 1.26 bits per heavy atom. The van der Waals surface area contributed by atoms with Crippen LogP contribution in [0.2, 0.25) is 0 Å². The Bertz CT molecular complexity index is 851. The third-order valence-electron chi connectivity index (χ3n) is 5.02. The number of nitrogens with zero attached hydrogens (tertiary/aromatic N) is 1. The van der Waals surface area contributed by atoms with E-state index in [9.17, 15) is 24.0 Å². The molecule has 10 nitrogen and oxygen atoms in total. The van der Waals surface area contributed by atoms with E-state index in [1.54, 1.807) is 38.1 Å². The first kappa shape index (κ1) is 23.8. The molecule has 2 rings (SSSR count). The second-order valence-electron chi connectivity index (χ2n) is 7.81. The summed E-state index contributed by atoms with van der Waals surface area (Å²) in [6.07, 6.45) is 0.751. The topological polar surface area (TPSA) is 142 Å². The third-order valence-corrected chi connectivity index (χ3v) is 5.02. The maximum absolute atomic E-state index is 13.1. The zero-order chi connectivity index (χ0) is 23.2. The van der Waals surface area contributed by atoms with Gasteiger partial charge in [-0.1, -0.05) is 0 Å². The number of ether oxygens (including phenoxy) is 1. The number of carboxylic acids is 1. The molecule has 1 aromatic rings. The van der Waals surface area contributed by atoms with Crippen molar-refractivity contribution < 1.29 is 33.8 Å². The van der Waals surface area contributed by atoms with Crippen LogP contribution < -0.4 is 15.4 Å². The van der Waals surface area contributed by atoms with Crippen molar-refractivity contribution in [1.82, 2.24) is 15.5 Å². The molecule has 0 bridgehead atoms. The van der Waals surface area contributed by atoms with Crippen LogP contribution in [0, 0.1) is 0 Å². The highest BCUT2D eigenvalue weighted by Crippen LogP contribution is 2.22. The smallest absolute Gasteiger partial charge is 0.305 e. The molecule has 1 heterocycles. The van der Waals surface area contributed by atoms with Crippen molar-refractivity contribution in [2.45, 2.75) is 50.7 Å². The van der Waals surface area contributed by atoms with Gasteiger partial charge in [-0.05, 0) is 51.0 Å². The van der Waals surface area contributed by atoms with Gasteiger partial charge in [0.1, 0.15) is 23.6 Å². The lowest BCUT2D eigenvalue weighted by molar-refractivity contribution is -0.143. The summed E-state index contributed by atoms with van der Waals surface area (Å²) in [4.78, 5) is 61.5. The van der Waals surface area contributed by atoms with Crippen LogP contribution in [0.5, 0.6) is 5.75 Å². The Morgan fingerprint density at radius 3 is 2.45 bits per heavy atom. The Morgan fingerprint density at radius 2 is 1.90 bits per heavy atom. The zero-order valence-corrected chi connectivity index (χ0v) is 17.7. The molecule has 1 saturated heterocycles. The van der Waals surface area contributed by atoms with Crippen LogP contribution in [-0.2, 0) is 19.2 Å². The predicted molar refractivity (Wildman–Crippen MR) is 110 cm³/mol. The van der Waals surface area contributed by atoms with Crippen LogP contribution in [0.15, 0.2) is 24.3 Å². The van der Waals surface area contributed by atoms with E-state index in [1.165, 1.54) is 12.0 Å². The molecule has 0 spiro atoms. The largest absolute Gasteiger partial charge is 0.497 e. The standard InChI is InChI=1S/C21H27N3O7/c1-21(2,23-18(28)13-6-8-15(31-3)9-7-13)20(30)24-10-4-5-16(24)19(29)22-14(12-25)11-17(26)27/h6-9,12,14,16H,4-5,10-11H2,1-3H3,(H,22,29)(H,23,28)(H,26,27)/t14-,16?/m0/s1. The molecule has 0 saturated carbocycles. The molecule has 10 heteroatoms. The predicted octanol–water partition coefficient (Wildman–Crippen LogP) is 0.353. The lowest BCUT2D eigenvalue weighted by atomic mass is 10.0. The summed E-state index contributed by atoms with van der Waals surface area (Å²) in [6, 6.07) is 4.38. The number of amides is 3. The molecular weight excluding hydrogens is 406 g/mol. The van der Waals surface area contributed by atoms with Gasteiger partial charge in [-0.15, -0.1) is 0 Å². The zero-order valence-electron chi connectivity index (χ0n) is 17.7. The van der Waals surface area contributed by atoms with E-state index in [4.69, 9.17) is 9.84 Å². The molecule has 1 aromatic carbocycles. The molecule has 3 amide bonds. The van der Waals surface area contributed by atoms with E-state index >= 15 is 0 Å². The maximum Gasteiger partial charge on any atom is 0.305 e. The molecule has 1 unspecified atom stereocenters. The molecule has 0 aromatic heterocycles. The molecule has 3 N–H and O–H groups in total. The van der Waals surface area contributed by atoms with Crippen LogP contribution in [0.1, 0.15) is 43.5 Å². The van der Waals surface area contributed by atoms with Crippen molar-refractivity contribution in [3.63, 3.8) is 0 Å². The number of hydrogen-bond donors (Lipinski definition) is 3. The number of methoxy groups -OCH3 is 1. The van der Waals surface area contributed by atoms with Gasteiger partial charge in [0.2, 0.25) is 11.8 Å². The van der Waals surface area contributed by atoms with Crippen LogP contribution >= 0.6 is 0 Å². The van der Waals surface area contributed by atoms with Gasteiger partial charge in [-0.3, -0.25) is 19.2 Å². The number of benzene rings is 1. The summed E-state index contributed by atoms with van der Waals surface area (Å²) in [7, 11) is 1.51. The van der Waals surface area contributed by atoms with Crippen molar-refractivity contribution in [3.05, 3.63) is 29.8 Å². The van der Waals surface area contributed by atoms with Crippen molar-refractivity contribution in [3.8, 4) is 5.75 Å². The number of likely N-dealkylation sites (tertiary alicyclic amines) is 1. The fraction of sp³-hybridized carbons (Fsp3) is 0.476. The van der Waals surface area contributed by atoms with Crippen molar-refractivity contribution in [2.24, 2.45) is 0 Å². The van der Waals surface area contributed by atoms with Gasteiger partial charge in [0.25, 0.3) is 5.91 Å². The third kappa shape index (κ3) is 6.03. The van der Waals surface area contributed by atoms with Crippen LogP contribution in [0.4, 0.5) is 0 Å². The van der Waals surface area contributed by atoms with Gasteiger partial charge in [0.15, 0.2) is 0 Å². The van der Waals surface area contributed by atoms with E-state index in [1.807, 2.05) is 0 Å². The summed E-state index contributed by atoms with van der Waals surface area (Å²) >= 11 is 0. The molecule has 1 aliphatic rings.